The summed E-state index contributed by atoms with van der Waals surface area (Å²) in [5.41, 5.74) is 5.44. The SMILES string of the molecule is CC(=O)SCC1CC(=O)N(CCCCCCN)C1. The number of nitrogens with two attached hydrogens (primary N) is 1. The summed E-state index contributed by atoms with van der Waals surface area (Å²) >= 11 is 1.34. The molecule has 0 spiro atoms. The van der Waals surface area contributed by atoms with E-state index >= 15 is 0 Å². The van der Waals surface area contributed by atoms with Gasteiger partial charge in [-0.3, -0.25) is 9.59 Å². The maximum Gasteiger partial charge on any atom is 0.222 e. The zero-order valence-corrected chi connectivity index (χ0v) is 12.0. The molecule has 1 unspecified atom stereocenters. The van der Waals surface area contributed by atoms with Crippen LogP contribution in [0.2, 0.25) is 0 Å². The zero-order valence-electron chi connectivity index (χ0n) is 11.2. The van der Waals surface area contributed by atoms with Crippen LogP contribution in [-0.4, -0.2) is 41.3 Å². The Morgan fingerprint density at radius 2 is 2.11 bits per heavy atom. The maximum atomic E-state index is 11.8. The fourth-order valence-corrected chi connectivity index (χ4v) is 2.91. The Kier molecular flexibility index (Phi) is 7.35. The van der Waals surface area contributed by atoms with Crippen molar-refractivity contribution >= 4 is 22.8 Å². The van der Waals surface area contributed by atoms with Crippen molar-refractivity contribution in [1.29, 1.82) is 0 Å². The van der Waals surface area contributed by atoms with Gasteiger partial charge in [0.2, 0.25) is 5.91 Å². The lowest BCUT2D eigenvalue weighted by molar-refractivity contribution is -0.127. The molecule has 0 aliphatic carbocycles. The van der Waals surface area contributed by atoms with Crippen molar-refractivity contribution in [3.05, 3.63) is 0 Å². The van der Waals surface area contributed by atoms with Gasteiger partial charge in [0.15, 0.2) is 5.12 Å². The molecule has 1 fully saturated rings. The number of carbonyl (C=O) groups is 2. The number of unbranched alkanes of at least 4 members (excludes halogenated alkanes) is 3. The van der Waals surface area contributed by atoms with Crippen LogP contribution in [0, 0.1) is 5.92 Å². The monoisotopic (exact) mass is 272 g/mol. The van der Waals surface area contributed by atoms with Crippen molar-refractivity contribution < 1.29 is 9.59 Å². The molecule has 0 aromatic carbocycles. The second-order valence-electron chi connectivity index (χ2n) is 4.92. The normalized spacial score (nSPS) is 19.6. The molecule has 0 aromatic heterocycles. The molecule has 1 saturated heterocycles. The van der Waals surface area contributed by atoms with Crippen molar-refractivity contribution in [2.45, 2.75) is 39.0 Å². The molecule has 1 aliphatic rings. The van der Waals surface area contributed by atoms with Gasteiger partial charge in [0.1, 0.15) is 0 Å². The van der Waals surface area contributed by atoms with Crippen LogP contribution >= 0.6 is 11.8 Å². The molecule has 5 heteroatoms. The van der Waals surface area contributed by atoms with Crippen LogP contribution in [0.25, 0.3) is 0 Å². The summed E-state index contributed by atoms with van der Waals surface area (Å²) in [5.74, 6) is 1.39. The predicted molar refractivity (Wildman–Crippen MR) is 75.3 cm³/mol. The van der Waals surface area contributed by atoms with Crippen LogP contribution in [0.4, 0.5) is 0 Å². The van der Waals surface area contributed by atoms with E-state index in [-0.39, 0.29) is 11.0 Å². The van der Waals surface area contributed by atoms with Crippen molar-refractivity contribution in [2.24, 2.45) is 11.7 Å². The van der Waals surface area contributed by atoms with Crippen LogP contribution in [0.15, 0.2) is 0 Å². The molecule has 2 N–H and O–H groups in total. The van der Waals surface area contributed by atoms with E-state index < -0.39 is 0 Å². The number of hydrogen-bond acceptors (Lipinski definition) is 4. The highest BCUT2D eigenvalue weighted by molar-refractivity contribution is 8.13. The van der Waals surface area contributed by atoms with E-state index in [1.807, 2.05) is 4.90 Å². The predicted octanol–water partition coefficient (Wildman–Crippen LogP) is 1.63. The summed E-state index contributed by atoms with van der Waals surface area (Å²) in [6, 6.07) is 0. The standard InChI is InChI=1S/C13H24N2O2S/c1-11(16)18-10-12-8-13(17)15(9-12)7-5-3-2-4-6-14/h12H,2-10,14H2,1H3. The van der Waals surface area contributed by atoms with Gasteiger partial charge in [0.05, 0.1) is 0 Å². The number of amides is 1. The van der Waals surface area contributed by atoms with Gasteiger partial charge in [-0.25, -0.2) is 0 Å². The van der Waals surface area contributed by atoms with Crippen molar-refractivity contribution in [3.63, 3.8) is 0 Å². The van der Waals surface area contributed by atoms with Crippen molar-refractivity contribution in [2.75, 3.05) is 25.4 Å². The summed E-state index contributed by atoms with van der Waals surface area (Å²) in [7, 11) is 0. The molecule has 0 saturated carbocycles. The number of likely N-dealkylation sites (tertiary alicyclic amines) is 1. The van der Waals surface area contributed by atoms with Gasteiger partial charge in [-0.15, -0.1) is 0 Å². The molecule has 1 aliphatic heterocycles. The van der Waals surface area contributed by atoms with Gasteiger partial charge >= 0.3 is 0 Å². The molecule has 0 aromatic rings. The van der Waals surface area contributed by atoms with Crippen LogP contribution in [0.1, 0.15) is 39.0 Å². The zero-order chi connectivity index (χ0) is 13.4. The highest BCUT2D eigenvalue weighted by atomic mass is 32.2. The number of hydrogen-bond donors (Lipinski definition) is 1. The quantitative estimate of drug-likeness (QED) is 0.682. The molecule has 1 heterocycles. The Labute approximate surface area is 114 Å². The van der Waals surface area contributed by atoms with Crippen molar-refractivity contribution in [1.82, 2.24) is 4.90 Å². The average Bonchev–Trinajstić information content (AvgIpc) is 2.67. The third kappa shape index (κ3) is 5.87. The van der Waals surface area contributed by atoms with E-state index in [2.05, 4.69) is 0 Å². The van der Waals surface area contributed by atoms with Gasteiger partial charge < -0.3 is 10.6 Å². The average molecular weight is 272 g/mol. The van der Waals surface area contributed by atoms with Gasteiger partial charge in [0.25, 0.3) is 0 Å². The molecule has 0 bridgehead atoms. The lowest BCUT2D eigenvalue weighted by Crippen LogP contribution is -2.26. The van der Waals surface area contributed by atoms with E-state index in [9.17, 15) is 9.59 Å². The smallest absolute Gasteiger partial charge is 0.222 e. The van der Waals surface area contributed by atoms with Gasteiger partial charge in [-0.2, -0.15) is 0 Å². The second kappa shape index (κ2) is 8.53. The first-order chi connectivity index (χ1) is 8.63. The minimum atomic E-state index is 0.141. The lowest BCUT2D eigenvalue weighted by Gasteiger charge is -2.16. The van der Waals surface area contributed by atoms with E-state index in [0.717, 1.165) is 51.1 Å². The molecule has 4 nitrogen and oxygen atoms in total. The number of nitrogens with zero attached hydrogens (tertiary/aromatic N) is 1. The minimum Gasteiger partial charge on any atom is -0.342 e. The van der Waals surface area contributed by atoms with E-state index in [1.165, 1.54) is 11.8 Å². The number of thioether (sulfide) groups is 1. The van der Waals surface area contributed by atoms with Crippen molar-refractivity contribution in [3.8, 4) is 0 Å². The fraction of sp³-hybridized carbons (Fsp3) is 0.846. The Bertz CT molecular complexity index is 284. The topological polar surface area (TPSA) is 63.4 Å². The molecular weight excluding hydrogens is 248 g/mol. The van der Waals surface area contributed by atoms with Crippen LogP contribution in [0.3, 0.4) is 0 Å². The van der Waals surface area contributed by atoms with Crippen LogP contribution in [0.5, 0.6) is 0 Å². The minimum absolute atomic E-state index is 0.141. The summed E-state index contributed by atoms with van der Waals surface area (Å²) < 4.78 is 0. The molecule has 104 valence electrons. The Hall–Kier alpha value is -0.550. The Balaban J connectivity index is 2.15. The Morgan fingerprint density at radius 3 is 2.78 bits per heavy atom. The third-order valence-corrected chi connectivity index (χ3v) is 4.24. The van der Waals surface area contributed by atoms with E-state index in [1.54, 1.807) is 6.92 Å². The maximum absolute atomic E-state index is 11.8. The summed E-state index contributed by atoms with van der Waals surface area (Å²) in [6.07, 6.45) is 5.06. The summed E-state index contributed by atoms with van der Waals surface area (Å²) in [6.45, 7) is 4.03. The summed E-state index contributed by atoms with van der Waals surface area (Å²) in [4.78, 5) is 24.6. The highest BCUT2D eigenvalue weighted by Crippen LogP contribution is 2.22. The molecule has 18 heavy (non-hydrogen) atoms. The molecule has 1 amide bonds. The first-order valence-corrected chi connectivity index (χ1v) is 7.73. The molecule has 0 radical (unpaired) electrons. The number of carbonyl (C=O) groups excluding carboxylic acids is 2. The number of rotatable bonds is 8. The fourth-order valence-electron chi connectivity index (χ4n) is 2.22. The second-order valence-corrected chi connectivity index (χ2v) is 6.11. The first-order valence-electron chi connectivity index (χ1n) is 6.74. The van der Waals surface area contributed by atoms with Gasteiger partial charge in [-0.05, 0) is 25.3 Å². The molecule has 1 atom stereocenters. The van der Waals surface area contributed by atoms with E-state index in [4.69, 9.17) is 5.73 Å². The largest absolute Gasteiger partial charge is 0.342 e. The van der Waals surface area contributed by atoms with Gasteiger partial charge in [0, 0.05) is 32.2 Å². The van der Waals surface area contributed by atoms with E-state index in [0.29, 0.717) is 12.3 Å². The third-order valence-electron chi connectivity index (χ3n) is 3.20. The Morgan fingerprint density at radius 1 is 1.39 bits per heavy atom. The van der Waals surface area contributed by atoms with Crippen LogP contribution in [-0.2, 0) is 9.59 Å². The lowest BCUT2D eigenvalue weighted by atomic mass is 10.1. The molecular formula is C13H24N2O2S. The van der Waals surface area contributed by atoms with Crippen LogP contribution < -0.4 is 5.73 Å². The van der Waals surface area contributed by atoms with Gasteiger partial charge in [-0.1, -0.05) is 24.6 Å². The first kappa shape index (κ1) is 15.5. The molecule has 1 rings (SSSR count). The highest BCUT2D eigenvalue weighted by Gasteiger charge is 2.29. The summed E-state index contributed by atoms with van der Waals surface area (Å²) in [5, 5.41) is 0.141.